The van der Waals surface area contributed by atoms with Crippen molar-refractivity contribution in [2.45, 2.75) is 6.92 Å². The van der Waals surface area contributed by atoms with Crippen molar-refractivity contribution in [2.24, 2.45) is 0 Å². The van der Waals surface area contributed by atoms with E-state index in [0.29, 0.717) is 4.74 Å². The van der Waals surface area contributed by atoms with Gasteiger partial charge in [-0.1, -0.05) is 0 Å². The molecule has 0 saturated heterocycles. The van der Waals surface area contributed by atoms with Crippen LogP contribution < -0.4 is 0 Å². The van der Waals surface area contributed by atoms with Crippen LogP contribution in [-0.4, -0.2) is 32.7 Å². The fourth-order valence-electron chi connectivity index (χ4n) is 0.190. The van der Waals surface area contributed by atoms with Crippen LogP contribution in [0.25, 0.3) is 0 Å². The second kappa shape index (κ2) is 3.88. The molecule has 10 heavy (non-hydrogen) atoms. The largest absolute Gasteiger partial charge is 0.379 e. The summed E-state index contributed by atoms with van der Waals surface area (Å²) < 4.78 is 4.82. The van der Waals surface area contributed by atoms with Crippen LogP contribution in [0, 0.1) is 0 Å². The molecule has 0 heterocycles. The standard InChI is InChI=1S/C3H8NO4PS/c1-2-4(5)3-8-9(6,7)10/h3H,2H2,1H3,(H2-,5,6,7,10)/p+1. The zero-order chi connectivity index (χ0) is 8.20. The molecule has 0 spiro atoms. The fraction of sp³-hybridized carbons (Fsp3) is 0.667. The van der Waals surface area contributed by atoms with Crippen LogP contribution in [0.3, 0.4) is 0 Å². The minimum Gasteiger partial charge on any atom is -0.372 e. The Morgan fingerprint density at radius 3 is 2.50 bits per heavy atom. The van der Waals surface area contributed by atoms with E-state index in [1.54, 1.807) is 6.92 Å². The van der Waals surface area contributed by atoms with Crippen molar-refractivity contribution in [3.63, 3.8) is 0 Å². The van der Waals surface area contributed by atoms with Gasteiger partial charge in [0.05, 0.1) is 0 Å². The summed E-state index contributed by atoms with van der Waals surface area (Å²) in [4.78, 5) is 16.9. The van der Waals surface area contributed by atoms with E-state index in [2.05, 4.69) is 16.3 Å². The molecule has 60 valence electrons. The zero-order valence-electron chi connectivity index (χ0n) is 5.34. The molecule has 0 aromatic rings. The summed E-state index contributed by atoms with van der Waals surface area (Å²) in [6.07, 6.45) is 0.765. The first kappa shape index (κ1) is 9.84. The Balaban J connectivity index is 3.85. The van der Waals surface area contributed by atoms with Gasteiger partial charge in [-0.3, -0.25) is 5.21 Å². The fourth-order valence-corrected chi connectivity index (χ4v) is 0.537. The monoisotopic (exact) mass is 186 g/mol. The Kier molecular flexibility index (Phi) is 3.81. The zero-order valence-corrected chi connectivity index (χ0v) is 7.05. The van der Waals surface area contributed by atoms with E-state index < -0.39 is 6.72 Å². The van der Waals surface area contributed by atoms with Gasteiger partial charge < -0.3 is 14.3 Å². The third-order valence-corrected chi connectivity index (χ3v) is 1.26. The third-order valence-electron chi connectivity index (χ3n) is 0.630. The maximum Gasteiger partial charge on any atom is 0.379 e. The Labute approximate surface area is 63.4 Å². The second-order valence-corrected chi connectivity index (χ2v) is 4.08. The molecule has 0 aliphatic rings. The highest BCUT2D eigenvalue weighted by atomic mass is 32.5. The van der Waals surface area contributed by atoms with E-state index in [-0.39, 0.29) is 6.54 Å². The van der Waals surface area contributed by atoms with Gasteiger partial charge in [0, 0.05) is 16.5 Å². The van der Waals surface area contributed by atoms with Gasteiger partial charge >= 0.3 is 13.1 Å². The molecule has 5 nitrogen and oxygen atoms in total. The average molecular weight is 186 g/mol. The quantitative estimate of drug-likeness (QED) is 0.140. The van der Waals surface area contributed by atoms with E-state index in [4.69, 9.17) is 15.0 Å². The Morgan fingerprint density at radius 1 is 1.70 bits per heavy atom. The maximum absolute atomic E-state index is 8.62. The normalized spacial score (nSPS) is 13.3. The summed E-state index contributed by atoms with van der Waals surface area (Å²) in [6.45, 7) is -1.72. The van der Waals surface area contributed by atoms with Crippen LogP contribution in [0.2, 0.25) is 0 Å². The number of nitrogens with zero attached hydrogens (tertiary/aromatic N) is 1. The Morgan fingerprint density at radius 2 is 2.20 bits per heavy atom. The van der Waals surface area contributed by atoms with E-state index in [0.717, 1.165) is 6.40 Å². The van der Waals surface area contributed by atoms with Gasteiger partial charge in [-0.15, -0.1) is 0 Å². The molecule has 0 aromatic carbocycles. The Bertz CT molecular complexity index is 175. The SMILES string of the molecule is CC[N+](O)=COP(O)(O)=S. The third kappa shape index (κ3) is 5.97. The first-order valence-corrected chi connectivity index (χ1v) is 5.11. The van der Waals surface area contributed by atoms with Gasteiger partial charge in [0.25, 0.3) is 0 Å². The van der Waals surface area contributed by atoms with Crippen LogP contribution in [0.4, 0.5) is 0 Å². The van der Waals surface area contributed by atoms with Crippen LogP contribution in [0.15, 0.2) is 0 Å². The molecule has 0 rings (SSSR count). The molecule has 0 bridgehead atoms. The molecule has 0 aromatic heterocycles. The van der Waals surface area contributed by atoms with Gasteiger partial charge in [0.2, 0.25) is 0 Å². The van der Waals surface area contributed by atoms with Gasteiger partial charge in [-0.25, -0.2) is 0 Å². The molecule has 0 fully saturated rings. The van der Waals surface area contributed by atoms with Crippen molar-refractivity contribution in [2.75, 3.05) is 6.54 Å². The molecule has 0 atom stereocenters. The lowest BCUT2D eigenvalue weighted by Crippen LogP contribution is -2.07. The predicted molar refractivity (Wildman–Crippen MR) is 38.5 cm³/mol. The van der Waals surface area contributed by atoms with Crippen molar-refractivity contribution in [1.29, 1.82) is 0 Å². The minimum absolute atomic E-state index is 0.287. The van der Waals surface area contributed by atoms with Gasteiger partial charge in [-0.2, -0.15) is 0 Å². The average Bonchev–Trinajstić information content (AvgIpc) is 1.81. The first-order chi connectivity index (χ1) is 4.45. The number of hydrogen-bond donors (Lipinski definition) is 3. The van der Waals surface area contributed by atoms with Crippen molar-refractivity contribution >= 4 is 24.9 Å². The van der Waals surface area contributed by atoms with Crippen LogP contribution >= 0.6 is 6.72 Å². The molecule has 3 N–H and O–H groups in total. The minimum atomic E-state index is -3.66. The van der Waals surface area contributed by atoms with E-state index in [9.17, 15) is 0 Å². The lowest BCUT2D eigenvalue weighted by Gasteiger charge is -2.00. The Hall–Kier alpha value is -0.160. The molecule has 0 unspecified atom stereocenters. The van der Waals surface area contributed by atoms with E-state index in [1.165, 1.54) is 0 Å². The van der Waals surface area contributed by atoms with E-state index >= 15 is 0 Å². The van der Waals surface area contributed by atoms with Crippen molar-refractivity contribution < 1.29 is 24.3 Å². The smallest absolute Gasteiger partial charge is 0.372 e. The number of hydrogen-bond acceptors (Lipinski definition) is 3. The topological polar surface area (TPSA) is 72.9 Å². The lowest BCUT2D eigenvalue weighted by atomic mass is 10.8. The first-order valence-electron chi connectivity index (χ1n) is 2.48. The molecule has 0 aliphatic heterocycles. The molecule has 0 saturated carbocycles. The summed E-state index contributed by atoms with van der Waals surface area (Å²) >= 11 is 4.08. The molecule has 7 heteroatoms. The molecule has 0 radical (unpaired) electrons. The van der Waals surface area contributed by atoms with Crippen LogP contribution in [0.5, 0.6) is 0 Å². The molecular weight excluding hydrogens is 177 g/mol. The predicted octanol–water partition coefficient (Wildman–Crippen LogP) is -0.338. The highest BCUT2D eigenvalue weighted by Crippen LogP contribution is 2.34. The van der Waals surface area contributed by atoms with Crippen LogP contribution in [0.1, 0.15) is 6.92 Å². The second-order valence-electron chi connectivity index (χ2n) is 1.46. The maximum atomic E-state index is 8.62. The van der Waals surface area contributed by atoms with Gasteiger partial charge in [-0.05, 0) is 6.92 Å². The summed E-state index contributed by atoms with van der Waals surface area (Å²) in [5, 5.41) is 8.62. The summed E-state index contributed by atoms with van der Waals surface area (Å²) in [5.41, 5.74) is 0. The summed E-state index contributed by atoms with van der Waals surface area (Å²) in [7, 11) is 0. The molecular formula is C3H9NO4PS+. The summed E-state index contributed by atoms with van der Waals surface area (Å²) in [5.74, 6) is 0. The highest BCUT2D eigenvalue weighted by molar-refractivity contribution is 8.06. The van der Waals surface area contributed by atoms with Crippen molar-refractivity contribution in [1.82, 2.24) is 0 Å². The van der Waals surface area contributed by atoms with Crippen molar-refractivity contribution in [3.8, 4) is 0 Å². The van der Waals surface area contributed by atoms with Gasteiger partial charge in [0.1, 0.15) is 0 Å². The number of rotatable bonds is 3. The van der Waals surface area contributed by atoms with Gasteiger partial charge in [0.15, 0.2) is 6.54 Å². The van der Waals surface area contributed by atoms with Crippen molar-refractivity contribution in [3.05, 3.63) is 0 Å². The van der Waals surface area contributed by atoms with E-state index in [1.807, 2.05) is 0 Å². The molecule has 0 aliphatic carbocycles. The number of hydroxylamine groups is 1. The lowest BCUT2D eigenvalue weighted by molar-refractivity contribution is -0.772. The van der Waals surface area contributed by atoms with Crippen LogP contribution in [-0.2, 0) is 16.3 Å². The molecule has 0 amide bonds. The summed E-state index contributed by atoms with van der Waals surface area (Å²) in [6, 6.07) is 0. The highest BCUT2D eigenvalue weighted by Gasteiger charge is 2.08.